The number of rotatable bonds is 2. The molecule has 0 saturated heterocycles. The van der Waals surface area contributed by atoms with Crippen LogP contribution in [0.1, 0.15) is 30.3 Å². The number of hydrogen-bond donors (Lipinski definition) is 0. The van der Waals surface area contributed by atoms with Crippen molar-refractivity contribution in [1.82, 2.24) is 9.78 Å². The highest BCUT2D eigenvalue weighted by molar-refractivity contribution is 7.93. The molecular weight excluding hydrogens is 298 g/mol. The third-order valence-corrected chi connectivity index (χ3v) is 6.60. The van der Waals surface area contributed by atoms with E-state index in [1.54, 1.807) is 29.9 Å². The van der Waals surface area contributed by atoms with Crippen LogP contribution in [0, 0.1) is 13.8 Å². The quantitative estimate of drug-likeness (QED) is 0.855. The molecule has 0 N–H and O–H groups in total. The Labute approximate surface area is 131 Å². The topological polar surface area (TPSA) is 55.2 Å². The van der Waals surface area contributed by atoms with Gasteiger partial charge in [0.2, 0.25) is 0 Å². The summed E-state index contributed by atoms with van der Waals surface area (Å²) in [7, 11) is -1.84. The summed E-state index contributed by atoms with van der Waals surface area (Å²) in [6.07, 6.45) is 1.74. The van der Waals surface area contributed by atoms with Gasteiger partial charge < -0.3 is 0 Å². The van der Waals surface area contributed by atoms with Gasteiger partial charge in [-0.2, -0.15) is 5.10 Å². The second kappa shape index (κ2) is 5.12. The van der Waals surface area contributed by atoms with E-state index in [0.717, 1.165) is 24.1 Å². The molecule has 118 valence electrons. The van der Waals surface area contributed by atoms with Crippen LogP contribution in [-0.2, 0) is 23.5 Å². The van der Waals surface area contributed by atoms with Gasteiger partial charge in [-0.25, -0.2) is 8.42 Å². The zero-order valence-electron chi connectivity index (χ0n) is 13.4. The first kappa shape index (κ1) is 15.1. The number of nitrogens with zero attached hydrogens (tertiary/aromatic N) is 3. The Balaban J connectivity index is 2.21. The van der Waals surface area contributed by atoms with Crippen molar-refractivity contribution in [1.29, 1.82) is 0 Å². The minimum atomic E-state index is -3.62. The average Bonchev–Trinajstić information content (AvgIpc) is 2.72. The van der Waals surface area contributed by atoms with E-state index < -0.39 is 10.0 Å². The Morgan fingerprint density at radius 3 is 2.55 bits per heavy atom. The smallest absolute Gasteiger partial charge is 0.268 e. The zero-order chi connectivity index (χ0) is 16.1. The number of aryl methyl sites for hydroxylation is 3. The van der Waals surface area contributed by atoms with E-state index >= 15 is 0 Å². The van der Waals surface area contributed by atoms with Gasteiger partial charge in [-0.15, -0.1) is 0 Å². The molecule has 22 heavy (non-hydrogen) atoms. The van der Waals surface area contributed by atoms with Crippen LogP contribution in [0.4, 0.5) is 5.69 Å². The van der Waals surface area contributed by atoms with Crippen molar-refractivity contribution in [3.8, 4) is 0 Å². The summed E-state index contributed by atoms with van der Waals surface area (Å²) in [5.74, 6) is 0. The molecule has 1 aliphatic heterocycles. The normalized spacial score (nSPS) is 18.4. The number of anilines is 1. The largest absolute Gasteiger partial charge is 0.271 e. The number of benzene rings is 1. The molecule has 0 fully saturated rings. The standard InChI is InChI=1S/C16H21N3O2S/c1-11-9-10-14-7-5-6-8-15(14)19(11)22(20,21)16-12(2)17-18(4)13(16)3/h5-8,11H,9-10H2,1-4H3/t11-/m1/s1. The van der Waals surface area contributed by atoms with E-state index in [4.69, 9.17) is 0 Å². The molecule has 3 rings (SSSR count). The van der Waals surface area contributed by atoms with Crippen LogP contribution in [-0.4, -0.2) is 24.2 Å². The molecule has 0 spiro atoms. The molecule has 0 bridgehead atoms. The Hall–Kier alpha value is -1.82. The molecule has 0 radical (unpaired) electrons. The lowest BCUT2D eigenvalue weighted by Gasteiger charge is -2.36. The van der Waals surface area contributed by atoms with Crippen molar-refractivity contribution in [2.75, 3.05) is 4.31 Å². The summed E-state index contributed by atoms with van der Waals surface area (Å²) >= 11 is 0. The van der Waals surface area contributed by atoms with E-state index in [1.165, 1.54) is 0 Å². The molecule has 0 aliphatic carbocycles. The van der Waals surface area contributed by atoms with Crippen LogP contribution in [0.2, 0.25) is 0 Å². The van der Waals surface area contributed by atoms with Gasteiger partial charge in [-0.05, 0) is 45.2 Å². The van der Waals surface area contributed by atoms with Crippen molar-refractivity contribution in [2.24, 2.45) is 7.05 Å². The van der Waals surface area contributed by atoms with E-state index in [9.17, 15) is 8.42 Å². The molecule has 0 saturated carbocycles. The third-order valence-electron chi connectivity index (χ3n) is 4.42. The maximum absolute atomic E-state index is 13.3. The number of hydrogen-bond acceptors (Lipinski definition) is 3. The van der Waals surface area contributed by atoms with Gasteiger partial charge in [0.05, 0.1) is 17.1 Å². The van der Waals surface area contributed by atoms with E-state index in [0.29, 0.717) is 16.3 Å². The fourth-order valence-electron chi connectivity index (χ4n) is 3.25. The molecule has 2 heterocycles. The highest BCUT2D eigenvalue weighted by Crippen LogP contribution is 2.36. The van der Waals surface area contributed by atoms with Crippen LogP contribution in [0.25, 0.3) is 0 Å². The van der Waals surface area contributed by atoms with Gasteiger partial charge >= 0.3 is 0 Å². The lowest BCUT2D eigenvalue weighted by molar-refractivity contribution is 0.562. The monoisotopic (exact) mass is 319 g/mol. The van der Waals surface area contributed by atoms with Gasteiger partial charge in [-0.1, -0.05) is 18.2 Å². The van der Waals surface area contributed by atoms with Gasteiger partial charge in [-0.3, -0.25) is 8.99 Å². The third kappa shape index (κ3) is 2.13. The Morgan fingerprint density at radius 2 is 1.91 bits per heavy atom. The molecule has 1 aromatic heterocycles. The van der Waals surface area contributed by atoms with Crippen molar-refractivity contribution >= 4 is 15.7 Å². The molecule has 1 atom stereocenters. The summed E-state index contributed by atoms with van der Waals surface area (Å²) in [6, 6.07) is 7.69. The molecule has 2 aromatic rings. The van der Waals surface area contributed by atoms with Gasteiger partial charge in [0, 0.05) is 13.1 Å². The summed E-state index contributed by atoms with van der Waals surface area (Å²) in [4.78, 5) is 0.332. The van der Waals surface area contributed by atoms with Crippen LogP contribution < -0.4 is 4.31 Å². The second-order valence-corrected chi connectivity index (χ2v) is 7.69. The van der Waals surface area contributed by atoms with Gasteiger partial charge in [0.1, 0.15) is 4.90 Å². The fraction of sp³-hybridized carbons (Fsp3) is 0.438. The van der Waals surface area contributed by atoms with Crippen LogP contribution in [0.5, 0.6) is 0 Å². The number of para-hydroxylation sites is 1. The van der Waals surface area contributed by atoms with E-state index in [1.807, 2.05) is 31.2 Å². The maximum atomic E-state index is 13.3. The Morgan fingerprint density at radius 1 is 1.23 bits per heavy atom. The summed E-state index contributed by atoms with van der Waals surface area (Å²) in [6.45, 7) is 5.52. The molecule has 6 heteroatoms. The number of fused-ring (bicyclic) bond motifs is 1. The first-order chi connectivity index (χ1) is 10.3. The highest BCUT2D eigenvalue weighted by atomic mass is 32.2. The van der Waals surface area contributed by atoms with Crippen molar-refractivity contribution < 1.29 is 8.42 Å². The molecule has 1 aliphatic rings. The predicted octanol–water partition coefficient (Wildman–Crippen LogP) is 2.57. The van der Waals surface area contributed by atoms with Crippen molar-refractivity contribution in [2.45, 2.75) is 44.6 Å². The summed E-state index contributed by atoms with van der Waals surface area (Å²) in [5, 5.41) is 4.26. The summed E-state index contributed by atoms with van der Waals surface area (Å²) in [5.41, 5.74) is 3.11. The Kier molecular flexibility index (Phi) is 3.51. The zero-order valence-corrected chi connectivity index (χ0v) is 14.2. The highest BCUT2D eigenvalue weighted by Gasteiger charge is 2.36. The predicted molar refractivity (Wildman–Crippen MR) is 86.6 cm³/mol. The molecular formula is C16H21N3O2S. The van der Waals surface area contributed by atoms with Crippen LogP contribution in [0.3, 0.4) is 0 Å². The first-order valence-corrected chi connectivity index (χ1v) is 8.90. The van der Waals surface area contributed by atoms with E-state index in [-0.39, 0.29) is 6.04 Å². The Bertz CT molecular complexity index is 824. The first-order valence-electron chi connectivity index (χ1n) is 7.46. The van der Waals surface area contributed by atoms with Gasteiger partial charge in [0.15, 0.2) is 0 Å². The fourth-order valence-corrected chi connectivity index (χ4v) is 5.38. The number of aromatic nitrogens is 2. The number of sulfonamides is 1. The summed E-state index contributed by atoms with van der Waals surface area (Å²) < 4.78 is 29.8. The van der Waals surface area contributed by atoms with Crippen LogP contribution in [0.15, 0.2) is 29.2 Å². The SMILES string of the molecule is Cc1nn(C)c(C)c1S(=O)(=O)N1c2ccccc2CC[C@H]1C. The van der Waals surface area contributed by atoms with Gasteiger partial charge in [0.25, 0.3) is 10.0 Å². The lowest BCUT2D eigenvalue weighted by Crippen LogP contribution is -2.42. The molecule has 1 aromatic carbocycles. The van der Waals surface area contributed by atoms with E-state index in [2.05, 4.69) is 5.10 Å². The van der Waals surface area contributed by atoms with Crippen LogP contribution >= 0.6 is 0 Å². The lowest BCUT2D eigenvalue weighted by atomic mass is 9.99. The minimum absolute atomic E-state index is 0.0566. The maximum Gasteiger partial charge on any atom is 0.268 e. The molecule has 0 unspecified atom stereocenters. The second-order valence-electron chi connectivity index (χ2n) is 5.94. The minimum Gasteiger partial charge on any atom is -0.271 e. The molecule has 0 amide bonds. The van der Waals surface area contributed by atoms with Crippen molar-refractivity contribution in [3.05, 3.63) is 41.2 Å². The van der Waals surface area contributed by atoms with Crippen molar-refractivity contribution in [3.63, 3.8) is 0 Å². The molecule has 5 nitrogen and oxygen atoms in total. The average molecular weight is 319 g/mol.